The first kappa shape index (κ1) is 15.1. The summed E-state index contributed by atoms with van der Waals surface area (Å²) in [6.07, 6.45) is 1.91. The Balaban J connectivity index is 2.57. The standard InChI is InChI=1S/C14H21N3O2/c1-4-5-8-19-14(18)10-17(3)12-6-7-13(16-15)11(2)9-12/h6-7,9,15H,4-5,8,10H2,1-3H3. The molecule has 0 spiro atoms. The van der Waals surface area contributed by atoms with E-state index < -0.39 is 0 Å². The van der Waals surface area contributed by atoms with E-state index in [4.69, 9.17) is 10.3 Å². The maximum atomic E-state index is 11.6. The zero-order valence-electron chi connectivity index (χ0n) is 11.8. The molecule has 0 bridgehead atoms. The summed E-state index contributed by atoms with van der Waals surface area (Å²) in [6, 6.07) is 5.53. The topological polar surface area (TPSA) is 65.8 Å². The van der Waals surface area contributed by atoms with E-state index in [9.17, 15) is 4.79 Å². The number of aryl methyl sites for hydroxylation is 1. The van der Waals surface area contributed by atoms with E-state index in [0.29, 0.717) is 12.3 Å². The van der Waals surface area contributed by atoms with Crippen molar-refractivity contribution < 1.29 is 9.53 Å². The number of likely N-dealkylation sites (N-methyl/N-ethyl adjacent to an activating group) is 1. The third-order valence-corrected chi connectivity index (χ3v) is 2.87. The van der Waals surface area contributed by atoms with Crippen LogP contribution in [0.15, 0.2) is 23.3 Å². The molecular formula is C14H21N3O2. The van der Waals surface area contributed by atoms with Gasteiger partial charge in [0, 0.05) is 12.7 Å². The van der Waals surface area contributed by atoms with Crippen molar-refractivity contribution in [3.8, 4) is 0 Å². The molecule has 0 aliphatic carbocycles. The molecule has 1 aromatic carbocycles. The summed E-state index contributed by atoms with van der Waals surface area (Å²) in [5.41, 5.74) is 9.48. The van der Waals surface area contributed by atoms with E-state index in [1.807, 2.05) is 31.0 Å². The Morgan fingerprint density at radius 1 is 1.47 bits per heavy atom. The Morgan fingerprint density at radius 2 is 2.21 bits per heavy atom. The van der Waals surface area contributed by atoms with Crippen LogP contribution in [0.3, 0.4) is 0 Å². The molecule has 0 amide bonds. The molecule has 0 radical (unpaired) electrons. The molecule has 1 N–H and O–H groups in total. The smallest absolute Gasteiger partial charge is 0.325 e. The second-order valence-corrected chi connectivity index (χ2v) is 4.51. The van der Waals surface area contributed by atoms with Gasteiger partial charge in [0.25, 0.3) is 0 Å². The number of nitrogens with one attached hydrogen (secondary N) is 1. The van der Waals surface area contributed by atoms with Crippen molar-refractivity contribution in [3.63, 3.8) is 0 Å². The molecule has 0 atom stereocenters. The molecule has 104 valence electrons. The van der Waals surface area contributed by atoms with Crippen LogP contribution in [0.5, 0.6) is 0 Å². The minimum Gasteiger partial charge on any atom is -0.464 e. The highest BCUT2D eigenvalue weighted by Gasteiger charge is 2.09. The van der Waals surface area contributed by atoms with Crippen LogP contribution in [-0.2, 0) is 9.53 Å². The molecule has 5 nitrogen and oxygen atoms in total. The first-order chi connectivity index (χ1) is 9.08. The van der Waals surface area contributed by atoms with E-state index in [-0.39, 0.29) is 12.5 Å². The summed E-state index contributed by atoms with van der Waals surface area (Å²) in [5.74, 6) is -0.220. The van der Waals surface area contributed by atoms with Crippen molar-refractivity contribution in [2.75, 3.05) is 25.1 Å². The van der Waals surface area contributed by atoms with Crippen molar-refractivity contribution in [1.82, 2.24) is 0 Å². The van der Waals surface area contributed by atoms with Crippen molar-refractivity contribution in [2.45, 2.75) is 26.7 Å². The normalized spacial score (nSPS) is 10.1. The summed E-state index contributed by atoms with van der Waals surface area (Å²) in [7, 11) is 1.84. The quantitative estimate of drug-likeness (QED) is 0.465. The fourth-order valence-corrected chi connectivity index (χ4v) is 1.66. The van der Waals surface area contributed by atoms with Gasteiger partial charge in [-0.05, 0) is 37.1 Å². The molecule has 0 heterocycles. The molecule has 0 saturated carbocycles. The predicted octanol–water partition coefficient (Wildman–Crippen LogP) is 3.44. The van der Waals surface area contributed by atoms with Gasteiger partial charge in [0.2, 0.25) is 0 Å². The van der Waals surface area contributed by atoms with E-state index in [1.165, 1.54) is 0 Å². The number of nitrogens with zero attached hydrogens (tertiary/aromatic N) is 2. The number of anilines is 1. The Labute approximate surface area is 114 Å². The van der Waals surface area contributed by atoms with Gasteiger partial charge in [0.05, 0.1) is 12.3 Å². The molecule has 19 heavy (non-hydrogen) atoms. The van der Waals surface area contributed by atoms with Gasteiger partial charge >= 0.3 is 5.97 Å². The highest BCUT2D eigenvalue weighted by molar-refractivity contribution is 5.76. The molecular weight excluding hydrogens is 242 g/mol. The van der Waals surface area contributed by atoms with Gasteiger partial charge in [-0.2, -0.15) is 5.11 Å². The largest absolute Gasteiger partial charge is 0.464 e. The summed E-state index contributed by atoms with van der Waals surface area (Å²) >= 11 is 0. The van der Waals surface area contributed by atoms with Gasteiger partial charge in [-0.25, -0.2) is 5.53 Å². The maximum absolute atomic E-state index is 11.6. The Bertz CT molecular complexity index is 446. The van der Waals surface area contributed by atoms with E-state index >= 15 is 0 Å². The molecule has 1 rings (SSSR count). The number of hydrogen-bond acceptors (Lipinski definition) is 5. The lowest BCUT2D eigenvalue weighted by atomic mass is 10.1. The Kier molecular flexibility index (Phi) is 5.99. The molecule has 0 saturated heterocycles. The van der Waals surface area contributed by atoms with Crippen LogP contribution in [0.1, 0.15) is 25.3 Å². The molecule has 0 aromatic heterocycles. The van der Waals surface area contributed by atoms with Crippen LogP contribution in [-0.4, -0.2) is 26.2 Å². The fraction of sp³-hybridized carbons (Fsp3) is 0.500. The average molecular weight is 263 g/mol. The SMILES string of the molecule is CCCCOC(=O)CN(C)c1ccc(N=N)c(C)c1. The second kappa shape index (κ2) is 7.51. The number of hydrogen-bond donors (Lipinski definition) is 1. The van der Waals surface area contributed by atoms with E-state index in [1.54, 1.807) is 6.07 Å². The number of unbranched alkanes of at least 4 members (excludes halogenated alkanes) is 1. The summed E-state index contributed by atoms with van der Waals surface area (Å²) in [6.45, 7) is 4.66. The van der Waals surface area contributed by atoms with Crippen LogP contribution < -0.4 is 4.90 Å². The number of carbonyl (C=O) groups is 1. The molecule has 5 heteroatoms. The number of esters is 1. The first-order valence-corrected chi connectivity index (χ1v) is 6.43. The molecule has 1 aromatic rings. The minimum absolute atomic E-state index is 0.220. The van der Waals surface area contributed by atoms with Crippen molar-refractivity contribution in [1.29, 1.82) is 5.53 Å². The first-order valence-electron chi connectivity index (χ1n) is 6.43. The van der Waals surface area contributed by atoms with Crippen LogP contribution in [0, 0.1) is 12.5 Å². The lowest BCUT2D eigenvalue weighted by molar-refractivity contribution is -0.142. The lowest BCUT2D eigenvalue weighted by Gasteiger charge is -2.19. The van der Waals surface area contributed by atoms with Crippen molar-refractivity contribution >= 4 is 17.3 Å². The summed E-state index contributed by atoms with van der Waals surface area (Å²) in [4.78, 5) is 13.4. The number of benzene rings is 1. The molecule has 0 aliphatic rings. The van der Waals surface area contributed by atoms with E-state index in [0.717, 1.165) is 24.1 Å². The summed E-state index contributed by atoms with van der Waals surface area (Å²) < 4.78 is 5.12. The Hall–Kier alpha value is -1.91. The highest BCUT2D eigenvalue weighted by atomic mass is 16.5. The highest BCUT2D eigenvalue weighted by Crippen LogP contribution is 2.23. The van der Waals surface area contributed by atoms with E-state index in [2.05, 4.69) is 12.0 Å². The van der Waals surface area contributed by atoms with Gasteiger partial charge in [-0.1, -0.05) is 13.3 Å². The zero-order valence-corrected chi connectivity index (χ0v) is 11.8. The average Bonchev–Trinajstić information content (AvgIpc) is 2.38. The van der Waals surface area contributed by atoms with Crippen molar-refractivity contribution in [2.24, 2.45) is 5.11 Å². The van der Waals surface area contributed by atoms with Gasteiger partial charge in [0.15, 0.2) is 0 Å². The third-order valence-electron chi connectivity index (χ3n) is 2.87. The third kappa shape index (κ3) is 4.69. The maximum Gasteiger partial charge on any atom is 0.325 e. The van der Waals surface area contributed by atoms with Crippen LogP contribution in [0.25, 0.3) is 0 Å². The molecule has 0 aliphatic heterocycles. The van der Waals surface area contributed by atoms with Crippen LogP contribution >= 0.6 is 0 Å². The monoisotopic (exact) mass is 263 g/mol. The van der Waals surface area contributed by atoms with Gasteiger partial charge in [-0.15, -0.1) is 0 Å². The zero-order chi connectivity index (χ0) is 14.3. The molecule has 0 fully saturated rings. The molecule has 0 unspecified atom stereocenters. The predicted molar refractivity (Wildman–Crippen MR) is 75.1 cm³/mol. The lowest BCUT2D eigenvalue weighted by Crippen LogP contribution is -2.27. The number of ether oxygens (including phenoxy) is 1. The minimum atomic E-state index is -0.220. The second-order valence-electron chi connectivity index (χ2n) is 4.51. The summed E-state index contributed by atoms with van der Waals surface area (Å²) in [5, 5.41) is 3.42. The number of carbonyl (C=O) groups excluding carboxylic acids is 1. The van der Waals surface area contributed by atoms with Gasteiger partial charge in [0.1, 0.15) is 6.54 Å². The van der Waals surface area contributed by atoms with Crippen LogP contribution in [0.2, 0.25) is 0 Å². The van der Waals surface area contributed by atoms with Crippen LogP contribution in [0.4, 0.5) is 11.4 Å². The van der Waals surface area contributed by atoms with Gasteiger partial charge in [-0.3, -0.25) is 4.79 Å². The van der Waals surface area contributed by atoms with Crippen molar-refractivity contribution in [3.05, 3.63) is 23.8 Å². The number of rotatable bonds is 7. The Morgan fingerprint density at radius 3 is 2.79 bits per heavy atom. The van der Waals surface area contributed by atoms with Gasteiger partial charge < -0.3 is 9.64 Å². The fourth-order valence-electron chi connectivity index (χ4n) is 1.66.